The van der Waals surface area contributed by atoms with Gasteiger partial charge in [-0.2, -0.15) is 9.97 Å². The van der Waals surface area contributed by atoms with Crippen molar-refractivity contribution in [2.45, 2.75) is 55.2 Å². The third-order valence-electron chi connectivity index (χ3n) is 9.13. The monoisotopic (exact) mass is 936 g/mol. The number of aliphatic hydroxyl groups excluding tert-OH is 3. The summed E-state index contributed by atoms with van der Waals surface area (Å²) in [6, 6.07) is 0. The highest BCUT2D eigenvalue weighted by molar-refractivity contribution is 7.47. The van der Waals surface area contributed by atoms with Gasteiger partial charge in [0.05, 0.1) is 52.6 Å². The molecule has 3 aliphatic heterocycles. The van der Waals surface area contributed by atoms with Crippen LogP contribution in [-0.2, 0) is 55.3 Å². The predicted molar refractivity (Wildman–Crippen MR) is 200 cm³/mol. The number of anilines is 4. The molecule has 342 valence electrons. The largest absolute Gasteiger partial charge is 0.472 e. The number of aromatic amines is 2. The van der Waals surface area contributed by atoms with Gasteiger partial charge in [0.1, 0.15) is 48.4 Å². The van der Waals surface area contributed by atoms with Crippen LogP contribution in [0, 0.1) is 0 Å². The van der Waals surface area contributed by atoms with Gasteiger partial charge in [-0.3, -0.25) is 46.7 Å². The first-order chi connectivity index (χ1) is 28.6. The molecule has 0 amide bonds. The zero-order valence-corrected chi connectivity index (χ0v) is 34.4. The van der Waals surface area contributed by atoms with Crippen LogP contribution in [0.2, 0.25) is 0 Å². The molecular formula is C27H43N10O21P3. The number of nitrogen functional groups attached to an aromatic ring is 2. The third-order valence-corrected chi connectivity index (χ3v) is 11.6. The van der Waals surface area contributed by atoms with Crippen molar-refractivity contribution < 1.29 is 90.2 Å². The van der Waals surface area contributed by atoms with Crippen LogP contribution in [0.3, 0.4) is 0 Å². The van der Waals surface area contributed by atoms with E-state index in [-0.39, 0.29) is 54.4 Å². The highest BCUT2D eigenvalue weighted by atomic mass is 31.2. The summed E-state index contributed by atoms with van der Waals surface area (Å²) in [6.07, 6.45) is -12.7. The van der Waals surface area contributed by atoms with Crippen LogP contribution < -0.4 is 32.4 Å². The first-order valence-corrected chi connectivity index (χ1v) is 22.1. The number of nitrogens with two attached hydrogens (primary N) is 2. The molecule has 61 heavy (non-hydrogen) atoms. The number of nitrogens with zero attached hydrogens (tertiary/aromatic N) is 6. The molecule has 6 rings (SSSR count). The highest BCUT2D eigenvalue weighted by Crippen LogP contribution is 2.48. The first-order valence-electron chi connectivity index (χ1n) is 17.6. The number of imidazole rings is 1. The number of ether oxygens (including phenoxy) is 4. The van der Waals surface area contributed by atoms with E-state index < -0.39 is 116 Å². The predicted octanol–water partition coefficient (Wildman–Crippen LogP) is -4.24. The Hall–Kier alpha value is -3.52. The molecule has 13 N–H and O–H groups in total. The van der Waals surface area contributed by atoms with E-state index in [1.807, 2.05) is 0 Å². The minimum atomic E-state index is -5.42. The Kier molecular flexibility index (Phi) is 14.4. The molecule has 3 aliphatic rings. The molecule has 11 atom stereocenters. The minimum Gasteiger partial charge on any atom is -0.387 e. The summed E-state index contributed by atoms with van der Waals surface area (Å²) in [4.78, 5) is 83.9. The highest BCUT2D eigenvalue weighted by Gasteiger charge is 2.51. The van der Waals surface area contributed by atoms with Crippen molar-refractivity contribution in [2.75, 3.05) is 81.7 Å². The summed E-state index contributed by atoms with van der Waals surface area (Å²) in [6.45, 7) is -4.12. The standard InChI is InChI=1S/C27H43N10O21P3/c1-35-10-37(21-15(35)23(42)34-27(29)32-21)25-19(51-4-3-50-2)17(39)13(57-25)8-55-61(48,49)53-6-11(58-59(43,44)45)5-52-60(46,47)54-7-12-16(38)18(40)24(56-12)36-9-30-14-20(36)31-26(28)33-22(14)41/h9,11-13,16-19,24-25,38-40H,3-8,10H2,1-2H3,(H,46,47)(H,48,49)(H2,43,44,45)(H3,28,31,33,41)(H3,29,32,34,42)/t11?,12-,13-,16-,17-,18-,19-,24-,25-/m1/s1. The lowest BCUT2D eigenvalue weighted by atomic mass is 10.1. The van der Waals surface area contributed by atoms with E-state index >= 15 is 0 Å². The van der Waals surface area contributed by atoms with E-state index in [0.29, 0.717) is 0 Å². The summed E-state index contributed by atoms with van der Waals surface area (Å²) in [5.41, 5.74) is 9.92. The van der Waals surface area contributed by atoms with Gasteiger partial charge in [0.2, 0.25) is 11.9 Å². The molecule has 0 aliphatic carbocycles. The number of methoxy groups -OCH3 is 1. The van der Waals surface area contributed by atoms with Crippen LogP contribution in [0.15, 0.2) is 15.9 Å². The Morgan fingerprint density at radius 2 is 1.44 bits per heavy atom. The summed E-state index contributed by atoms with van der Waals surface area (Å²) in [5, 5.41) is 32.3. The number of hydrogen-bond acceptors (Lipinski definition) is 24. The number of aliphatic hydroxyl groups is 3. The van der Waals surface area contributed by atoms with Crippen molar-refractivity contribution in [3.8, 4) is 0 Å². The molecule has 0 radical (unpaired) electrons. The van der Waals surface area contributed by atoms with Crippen molar-refractivity contribution in [1.29, 1.82) is 0 Å². The first kappa shape index (κ1) is 47.0. The van der Waals surface area contributed by atoms with Crippen molar-refractivity contribution in [3.63, 3.8) is 0 Å². The van der Waals surface area contributed by atoms with Gasteiger partial charge in [0.25, 0.3) is 11.1 Å². The average molecular weight is 937 g/mol. The Balaban J connectivity index is 1.04. The zero-order valence-electron chi connectivity index (χ0n) is 31.7. The van der Waals surface area contributed by atoms with E-state index in [4.69, 9.17) is 48.5 Å². The number of phosphoric acid groups is 3. The third kappa shape index (κ3) is 11.0. The van der Waals surface area contributed by atoms with E-state index in [2.05, 4.69) is 29.4 Å². The van der Waals surface area contributed by atoms with Gasteiger partial charge in [-0.15, -0.1) is 0 Å². The Labute approximate surface area is 341 Å². The lowest BCUT2D eigenvalue weighted by molar-refractivity contribution is -0.0527. The quantitative estimate of drug-likeness (QED) is 0.0378. The number of aromatic nitrogens is 6. The summed E-state index contributed by atoms with van der Waals surface area (Å²) in [7, 11) is -12.9. The molecule has 34 heteroatoms. The lowest BCUT2D eigenvalue weighted by Gasteiger charge is -2.30. The van der Waals surface area contributed by atoms with Crippen molar-refractivity contribution in [2.24, 2.45) is 0 Å². The van der Waals surface area contributed by atoms with Gasteiger partial charge in [-0.05, 0) is 0 Å². The van der Waals surface area contributed by atoms with Crippen LogP contribution >= 0.6 is 23.5 Å². The smallest absolute Gasteiger partial charge is 0.387 e. The van der Waals surface area contributed by atoms with Crippen LogP contribution in [0.1, 0.15) is 6.23 Å². The Morgan fingerprint density at radius 3 is 2.07 bits per heavy atom. The molecule has 0 bridgehead atoms. The van der Waals surface area contributed by atoms with Crippen LogP contribution in [0.4, 0.5) is 23.4 Å². The van der Waals surface area contributed by atoms with Gasteiger partial charge in [0, 0.05) is 14.2 Å². The fourth-order valence-electron chi connectivity index (χ4n) is 6.43. The van der Waals surface area contributed by atoms with Crippen LogP contribution in [0.25, 0.3) is 11.2 Å². The van der Waals surface area contributed by atoms with E-state index in [9.17, 15) is 58.2 Å². The molecule has 2 saturated heterocycles. The average Bonchev–Trinajstić information content (AvgIpc) is 3.90. The molecule has 0 spiro atoms. The number of fused-ring (bicyclic) bond motifs is 2. The normalized spacial score (nSPS) is 28.0. The van der Waals surface area contributed by atoms with Gasteiger partial charge in [-0.1, -0.05) is 0 Å². The topological polar surface area (TPSA) is 444 Å². The molecule has 31 nitrogen and oxygen atoms in total. The Bertz CT molecular complexity index is 2300. The zero-order chi connectivity index (χ0) is 44.6. The number of hydrogen-bond donors (Lipinski definition) is 11. The maximum atomic E-state index is 12.9. The number of phosphoric ester groups is 3. The molecular weight excluding hydrogens is 893 g/mol. The minimum absolute atomic E-state index is 0.0164. The van der Waals surface area contributed by atoms with Gasteiger partial charge in [-0.25, -0.2) is 18.7 Å². The Morgan fingerprint density at radius 1 is 0.852 bits per heavy atom. The number of rotatable bonds is 20. The summed E-state index contributed by atoms with van der Waals surface area (Å²) < 4.78 is 84.7. The summed E-state index contributed by atoms with van der Waals surface area (Å²) in [5.74, 6) is -0.408. The lowest BCUT2D eigenvalue weighted by Crippen LogP contribution is -2.47. The second kappa shape index (κ2) is 18.7. The van der Waals surface area contributed by atoms with Crippen molar-refractivity contribution in [3.05, 3.63) is 27.0 Å². The molecule has 2 fully saturated rings. The second-order valence-electron chi connectivity index (χ2n) is 13.5. The molecule has 0 saturated carbocycles. The van der Waals surface area contributed by atoms with Crippen molar-refractivity contribution >= 4 is 58.0 Å². The van der Waals surface area contributed by atoms with E-state index in [1.54, 1.807) is 7.05 Å². The second-order valence-corrected chi connectivity index (χ2v) is 17.6. The number of nitrogens with one attached hydrogen (secondary N) is 2. The summed E-state index contributed by atoms with van der Waals surface area (Å²) >= 11 is 0. The van der Waals surface area contributed by atoms with Crippen LogP contribution in [0.5, 0.6) is 0 Å². The fraction of sp³-hybridized carbons (Fsp3) is 0.667. The van der Waals surface area contributed by atoms with Gasteiger partial charge >= 0.3 is 23.5 Å². The van der Waals surface area contributed by atoms with Crippen molar-refractivity contribution in [1.82, 2.24) is 29.5 Å². The molecule has 3 aromatic heterocycles. The van der Waals surface area contributed by atoms with Crippen LogP contribution in [-0.4, -0.2) is 174 Å². The molecule has 3 unspecified atom stereocenters. The van der Waals surface area contributed by atoms with E-state index in [1.165, 1.54) is 16.9 Å². The molecule has 0 aromatic carbocycles. The fourth-order valence-corrected chi connectivity index (χ4v) is 8.47. The maximum Gasteiger partial charge on any atom is 0.472 e. The molecule has 3 aromatic rings. The molecule has 6 heterocycles. The maximum absolute atomic E-state index is 12.9. The van der Waals surface area contributed by atoms with E-state index in [0.717, 1.165) is 10.9 Å². The van der Waals surface area contributed by atoms with Gasteiger partial charge in [0.15, 0.2) is 29.4 Å². The van der Waals surface area contributed by atoms with Gasteiger partial charge < -0.3 is 75.1 Å². The SMILES string of the molecule is COCCO[C@@H]1[C@H](O)[C@@H](COP(=O)(O)OCC(COP(=O)(O)OC[C@H]2O[C@@H](n3cnc4c(=O)[nH]c(N)nc43)[C@H](O)[C@@H]2O)OP(=O)(O)O)O[C@H]1N1CN(C)c2c1nc(N)[nH]c2=O. The number of H-pyrrole nitrogens is 2.